The molecule has 1 aromatic heterocycles. The van der Waals surface area contributed by atoms with E-state index in [1.165, 1.54) is 0 Å². The standard InChI is InChI=1S/C13H25N5S/c1-7-18(10(2)9-17(4)5)12-8-11(14-3)15-13(16-12)19-6/h8,10H,7,9H2,1-6H3,(H,14,15,16). The topological polar surface area (TPSA) is 44.3 Å². The van der Waals surface area contributed by atoms with Gasteiger partial charge in [0.05, 0.1) is 0 Å². The molecule has 1 rings (SSSR count). The number of likely N-dealkylation sites (N-methyl/N-ethyl adjacent to an activating group) is 2. The van der Waals surface area contributed by atoms with Crippen molar-refractivity contribution in [2.24, 2.45) is 0 Å². The zero-order valence-corrected chi connectivity index (χ0v) is 13.6. The third-order valence-electron chi connectivity index (χ3n) is 2.93. The van der Waals surface area contributed by atoms with Gasteiger partial charge in [-0.05, 0) is 34.2 Å². The molecular weight excluding hydrogens is 258 g/mol. The minimum absolute atomic E-state index is 0.411. The molecule has 1 unspecified atom stereocenters. The van der Waals surface area contributed by atoms with Crippen molar-refractivity contribution in [2.45, 2.75) is 25.0 Å². The smallest absolute Gasteiger partial charge is 0.191 e. The fourth-order valence-electron chi connectivity index (χ4n) is 2.11. The van der Waals surface area contributed by atoms with E-state index in [0.29, 0.717) is 6.04 Å². The Morgan fingerprint density at radius 1 is 1.37 bits per heavy atom. The van der Waals surface area contributed by atoms with E-state index in [0.717, 1.165) is 29.9 Å². The van der Waals surface area contributed by atoms with E-state index in [-0.39, 0.29) is 0 Å². The first kappa shape index (κ1) is 16.0. The summed E-state index contributed by atoms with van der Waals surface area (Å²) in [4.78, 5) is 13.5. The number of anilines is 2. The average Bonchev–Trinajstić information content (AvgIpc) is 2.38. The molecule has 0 saturated carbocycles. The SMILES string of the molecule is CCN(c1cc(NC)nc(SC)n1)C(C)CN(C)C. The lowest BCUT2D eigenvalue weighted by atomic mass is 10.2. The van der Waals surface area contributed by atoms with Crippen LogP contribution in [-0.4, -0.2) is 61.4 Å². The second-order valence-corrected chi connectivity index (χ2v) is 5.52. The Bertz CT molecular complexity index is 374. The first-order chi connectivity index (χ1) is 9.01. The fraction of sp³-hybridized carbons (Fsp3) is 0.692. The zero-order chi connectivity index (χ0) is 14.4. The quantitative estimate of drug-likeness (QED) is 0.610. The maximum absolute atomic E-state index is 4.62. The molecule has 6 heteroatoms. The van der Waals surface area contributed by atoms with Crippen LogP contribution in [-0.2, 0) is 0 Å². The number of hydrogen-bond donors (Lipinski definition) is 1. The lowest BCUT2D eigenvalue weighted by Gasteiger charge is -2.31. The molecule has 0 aliphatic heterocycles. The summed E-state index contributed by atoms with van der Waals surface area (Å²) in [6.45, 7) is 6.32. The van der Waals surface area contributed by atoms with Gasteiger partial charge in [-0.15, -0.1) is 0 Å². The van der Waals surface area contributed by atoms with Gasteiger partial charge >= 0.3 is 0 Å². The maximum atomic E-state index is 4.62. The molecule has 1 aromatic rings. The van der Waals surface area contributed by atoms with E-state index in [1.54, 1.807) is 11.8 Å². The largest absolute Gasteiger partial charge is 0.373 e. The summed E-state index contributed by atoms with van der Waals surface area (Å²) in [5.41, 5.74) is 0. The van der Waals surface area contributed by atoms with Gasteiger partial charge < -0.3 is 15.1 Å². The Balaban J connectivity index is 3.02. The molecule has 0 spiro atoms. The van der Waals surface area contributed by atoms with Gasteiger partial charge in [0, 0.05) is 32.2 Å². The van der Waals surface area contributed by atoms with Crippen LogP contribution in [0.25, 0.3) is 0 Å². The van der Waals surface area contributed by atoms with Crippen LogP contribution < -0.4 is 10.2 Å². The summed E-state index contributed by atoms with van der Waals surface area (Å²) in [5, 5.41) is 3.90. The van der Waals surface area contributed by atoms with E-state index in [4.69, 9.17) is 0 Å². The molecule has 1 N–H and O–H groups in total. The first-order valence-corrected chi connectivity index (χ1v) is 7.76. The number of thioether (sulfide) groups is 1. The van der Waals surface area contributed by atoms with Gasteiger partial charge in [0.15, 0.2) is 5.16 Å². The van der Waals surface area contributed by atoms with E-state index in [9.17, 15) is 0 Å². The molecule has 5 nitrogen and oxygen atoms in total. The number of aromatic nitrogens is 2. The Morgan fingerprint density at radius 2 is 2.05 bits per heavy atom. The third kappa shape index (κ3) is 4.54. The van der Waals surface area contributed by atoms with Gasteiger partial charge in [-0.2, -0.15) is 0 Å². The van der Waals surface area contributed by atoms with Crippen LogP contribution in [0.4, 0.5) is 11.6 Å². The molecule has 0 aliphatic rings. The monoisotopic (exact) mass is 283 g/mol. The van der Waals surface area contributed by atoms with Crippen molar-refractivity contribution >= 4 is 23.4 Å². The van der Waals surface area contributed by atoms with Gasteiger partial charge in [0.1, 0.15) is 11.6 Å². The molecule has 0 saturated heterocycles. The molecule has 1 heterocycles. The molecule has 0 aliphatic carbocycles. The Morgan fingerprint density at radius 3 is 2.53 bits per heavy atom. The molecule has 0 fully saturated rings. The third-order valence-corrected chi connectivity index (χ3v) is 3.47. The molecule has 19 heavy (non-hydrogen) atoms. The zero-order valence-electron chi connectivity index (χ0n) is 12.8. The van der Waals surface area contributed by atoms with Crippen LogP contribution in [0.5, 0.6) is 0 Å². The van der Waals surface area contributed by atoms with Crippen molar-refractivity contribution < 1.29 is 0 Å². The fourth-order valence-corrected chi connectivity index (χ4v) is 2.48. The van der Waals surface area contributed by atoms with Crippen molar-refractivity contribution in [1.29, 1.82) is 0 Å². The lowest BCUT2D eigenvalue weighted by molar-refractivity contribution is 0.372. The maximum Gasteiger partial charge on any atom is 0.191 e. The second-order valence-electron chi connectivity index (χ2n) is 4.75. The Hall–Kier alpha value is -1.01. The second kappa shape index (κ2) is 7.55. The van der Waals surface area contributed by atoms with Crippen LogP contribution >= 0.6 is 11.8 Å². The number of hydrogen-bond acceptors (Lipinski definition) is 6. The Kier molecular flexibility index (Phi) is 6.37. The van der Waals surface area contributed by atoms with Crippen molar-refractivity contribution in [3.05, 3.63) is 6.07 Å². The highest BCUT2D eigenvalue weighted by Crippen LogP contribution is 2.21. The first-order valence-electron chi connectivity index (χ1n) is 6.54. The Labute approximate surface area is 120 Å². The van der Waals surface area contributed by atoms with Crippen molar-refractivity contribution in [2.75, 3.05) is 50.7 Å². The van der Waals surface area contributed by atoms with Gasteiger partial charge in [0.25, 0.3) is 0 Å². The van der Waals surface area contributed by atoms with E-state index >= 15 is 0 Å². The summed E-state index contributed by atoms with van der Waals surface area (Å²) >= 11 is 1.57. The van der Waals surface area contributed by atoms with Gasteiger partial charge in [-0.1, -0.05) is 11.8 Å². The highest BCUT2D eigenvalue weighted by Gasteiger charge is 2.16. The normalized spacial score (nSPS) is 12.6. The number of rotatable bonds is 7. The molecule has 0 amide bonds. The summed E-state index contributed by atoms with van der Waals surface area (Å²) in [7, 11) is 6.07. The van der Waals surface area contributed by atoms with E-state index in [2.05, 4.69) is 53.0 Å². The predicted molar refractivity (Wildman–Crippen MR) is 84.4 cm³/mol. The molecule has 0 bridgehead atoms. The molecule has 108 valence electrons. The van der Waals surface area contributed by atoms with Crippen molar-refractivity contribution in [1.82, 2.24) is 14.9 Å². The highest BCUT2D eigenvalue weighted by molar-refractivity contribution is 7.98. The molecule has 0 aromatic carbocycles. The summed E-state index contributed by atoms with van der Waals surface area (Å²) in [6, 6.07) is 2.42. The van der Waals surface area contributed by atoms with Crippen LogP contribution in [0, 0.1) is 0 Å². The minimum Gasteiger partial charge on any atom is -0.373 e. The minimum atomic E-state index is 0.411. The van der Waals surface area contributed by atoms with Crippen LogP contribution in [0.2, 0.25) is 0 Å². The van der Waals surface area contributed by atoms with Crippen molar-refractivity contribution in [3.8, 4) is 0 Å². The number of nitrogens with zero attached hydrogens (tertiary/aromatic N) is 4. The van der Waals surface area contributed by atoms with Crippen LogP contribution in [0.1, 0.15) is 13.8 Å². The molecular formula is C13H25N5S. The lowest BCUT2D eigenvalue weighted by Crippen LogP contribution is -2.40. The van der Waals surface area contributed by atoms with Gasteiger partial charge in [-0.3, -0.25) is 0 Å². The van der Waals surface area contributed by atoms with Gasteiger partial charge in [-0.25, -0.2) is 9.97 Å². The van der Waals surface area contributed by atoms with Gasteiger partial charge in [0.2, 0.25) is 0 Å². The summed E-state index contributed by atoms with van der Waals surface area (Å²) in [6.07, 6.45) is 2.00. The molecule has 1 atom stereocenters. The van der Waals surface area contributed by atoms with Crippen LogP contribution in [0.3, 0.4) is 0 Å². The summed E-state index contributed by atoms with van der Waals surface area (Å²) in [5.74, 6) is 1.85. The van der Waals surface area contributed by atoms with E-state index in [1.807, 2.05) is 19.4 Å². The summed E-state index contributed by atoms with van der Waals surface area (Å²) < 4.78 is 0. The van der Waals surface area contributed by atoms with Crippen molar-refractivity contribution in [3.63, 3.8) is 0 Å². The average molecular weight is 283 g/mol. The van der Waals surface area contributed by atoms with Crippen LogP contribution in [0.15, 0.2) is 11.2 Å². The molecule has 0 radical (unpaired) electrons. The number of nitrogens with one attached hydrogen (secondary N) is 1. The van der Waals surface area contributed by atoms with E-state index < -0.39 is 0 Å². The highest BCUT2D eigenvalue weighted by atomic mass is 32.2. The predicted octanol–water partition coefficient (Wildman–Crippen LogP) is 2.02.